The number of hydrogen-bond donors (Lipinski definition) is 2. The molecule has 0 spiro atoms. The average molecular weight is 257 g/mol. The van der Waals surface area contributed by atoms with Crippen LogP contribution in [0.4, 0.5) is 0 Å². The smallest absolute Gasteiger partial charge is 0.233 e. The van der Waals surface area contributed by atoms with Gasteiger partial charge in [-0.15, -0.1) is 0 Å². The first kappa shape index (κ1) is 14.8. The van der Waals surface area contributed by atoms with Crippen LogP contribution < -0.4 is 5.73 Å². The third kappa shape index (κ3) is 3.60. The molecule has 3 N–H and O–H groups in total. The fraction of sp³-hybridized carbons (Fsp3) is 0.833. The van der Waals surface area contributed by atoms with Crippen LogP contribution in [0.2, 0.25) is 0 Å². The van der Waals surface area contributed by atoms with Crippen LogP contribution in [-0.2, 0) is 9.53 Å². The zero-order valence-corrected chi connectivity index (χ0v) is 11.1. The number of ether oxygens (including phenoxy) is 1. The van der Waals surface area contributed by atoms with Crippen molar-refractivity contribution in [3.8, 4) is 0 Å². The molecule has 1 rings (SSSR count). The lowest BCUT2D eigenvalue weighted by Gasteiger charge is -2.33. The highest BCUT2D eigenvalue weighted by Crippen LogP contribution is 2.17. The topological polar surface area (TPSA) is 88.2 Å². The van der Waals surface area contributed by atoms with Crippen LogP contribution in [0.5, 0.6) is 0 Å². The van der Waals surface area contributed by atoms with Gasteiger partial charge in [0.1, 0.15) is 0 Å². The first-order valence-corrected chi connectivity index (χ1v) is 6.51. The van der Waals surface area contributed by atoms with Crippen molar-refractivity contribution in [3.63, 3.8) is 0 Å². The maximum Gasteiger partial charge on any atom is 0.233 e. The lowest BCUT2D eigenvalue weighted by atomic mass is 10.0. The van der Waals surface area contributed by atoms with Crippen LogP contribution in [0, 0.1) is 5.92 Å². The van der Waals surface area contributed by atoms with Crippen LogP contribution in [0.1, 0.15) is 33.1 Å². The molecule has 1 saturated heterocycles. The molecule has 0 bridgehead atoms. The molecule has 0 aliphatic carbocycles. The van der Waals surface area contributed by atoms with E-state index in [1.165, 1.54) is 0 Å². The summed E-state index contributed by atoms with van der Waals surface area (Å²) in [6, 6.07) is 0. The summed E-state index contributed by atoms with van der Waals surface area (Å²) in [4.78, 5) is 14.0. The zero-order valence-electron chi connectivity index (χ0n) is 11.1. The van der Waals surface area contributed by atoms with Gasteiger partial charge in [-0.05, 0) is 26.2 Å². The minimum atomic E-state index is -0.515. The Morgan fingerprint density at radius 2 is 2.11 bits per heavy atom. The SMILES string of the molecule is CCOC1CCN(C(=O)C(CC)C(N)=NO)CC1. The summed E-state index contributed by atoms with van der Waals surface area (Å²) in [7, 11) is 0. The van der Waals surface area contributed by atoms with Crippen molar-refractivity contribution in [2.75, 3.05) is 19.7 Å². The summed E-state index contributed by atoms with van der Waals surface area (Å²) in [6.07, 6.45) is 2.50. The monoisotopic (exact) mass is 257 g/mol. The summed E-state index contributed by atoms with van der Waals surface area (Å²) in [5.74, 6) is -0.573. The quantitative estimate of drug-likeness (QED) is 0.330. The van der Waals surface area contributed by atoms with Gasteiger partial charge < -0.3 is 20.6 Å². The molecule has 1 fully saturated rings. The van der Waals surface area contributed by atoms with E-state index >= 15 is 0 Å². The van der Waals surface area contributed by atoms with Crippen molar-refractivity contribution in [3.05, 3.63) is 0 Å². The molecule has 6 heteroatoms. The molecule has 1 aliphatic heterocycles. The highest BCUT2D eigenvalue weighted by molar-refractivity contribution is 6.02. The van der Waals surface area contributed by atoms with Crippen molar-refractivity contribution < 1.29 is 14.7 Å². The summed E-state index contributed by atoms with van der Waals surface area (Å²) < 4.78 is 5.54. The Morgan fingerprint density at radius 3 is 2.56 bits per heavy atom. The number of carbonyl (C=O) groups is 1. The molecule has 1 unspecified atom stereocenters. The molecule has 0 aromatic heterocycles. The van der Waals surface area contributed by atoms with E-state index in [0.717, 1.165) is 12.8 Å². The molecular formula is C12H23N3O3. The van der Waals surface area contributed by atoms with Gasteiger partial charge in [-0.25, -0.2) is 0 Å². The number of carbonyl (C=O) groups excluding carboxylic acids is 1. The number of amidine groups is 1. The van der Waals surface area contributed by atoms with Crippen LogP contribution in [0.3, 0.4) is 0 Å². The first-order chi connectivity index (χ1) is 8.63. The predicted octanol–water partition coefficient (Wildman–Crippen LogP) is 0.786. The van der Waals surface area contributed by atoms with Gasteiger partial charge in [-0.2, -0.15) is 0 Å². The minimum Gasteiger partial charge on any atom is -0.409 e. The second kappa shape index (κ2) is 7.20. The van der Waals surface area contributed by atoms with Crippen LogP contribution >= 0.6 is 0 Å². The zero-order chi connectivity index (χ0) is 13.5. The van der Waals surface area contributed by atoms with Crippen molar-refractivity contribution in [2.45, 2.75) is 39.2 Å². The largest absolute Gasteiger partial charge is 0.409 e. The lowest BCUT2D eigenvalue weighted by molar-refractivity contribution is -0.136. The molecule has 18 heavy (non-hydrogen) atoms. The Hall–Kier alpha value is -1.30. The Bertz CT molecular complexity index is 299. The summed E-state index contributed by atoms with van der Waals surface area (Å²) in [5, 5.41) is 11.6. The van der Waals surface area contributed by atoms with Gasteiger partial charge in [0.25, 0.3) is 0 Å². The molecule has 1 aliphatic rings. The van der Waals surface area contributed by atoms with Crippen molar-refractivity contribution in [1.82, 2.24) is 4.90 Å². The third-order valence-corrected chi connectivity index (χ3v) is 3.33. The van der Waals surface area contributed by atoms with Crippen molar-refractivity contribution in [1.29, 1.82) is 0 Å². The van der Waals surface area contributed by atoms with Gasteiger partial charge in [0.2, 0.25) is 5.91 Å². The Morgan fingerprint density at radius 1 is 1.50 bits per heavy atom. The number of oxime groups is 1. The number of nitrogens with zero attached hydrogens (tertiary/aromatic N) is 2. The second-order valence-electron chi connectivity index (χ2n) is 4.47. The van der Waals surface area contributed by atoms with Crippen molar-refractivity contribution in [2.24, 2.45) is 16.8 Å². The standard InChI is InChI=1S/C12H23N3O3/c1-3-10(11(13)14-17)12(16)15-7-5-9(6-8-15)18-4-2/h9-10,17H,3-8H2,1-2H3,(H2,13,14). The fourth-order valence-corrected chi connectivity index (χ4v) is 2.28. The molecule has 0 aromatic rings. The van der Waals surface area contributed by atoms with E-state index in [1.807, 2.05) is 13.8 Å². The Balaban J connectivity index is 2.53. The van der Waals surface area contributed by atoms with Crippen LogP contribution in [-0.4, -0.2) is 47.7 Å². The molecule has 104 valence electrons. The van der Waals surface area contributed by atoms with E-state index in [0.29, 0.717) is 26.1 Å². The maximum atomic E-state index is 12.2. The number of likely N-dealkylation sites (tertiary alicyclic amines) is 1. The number of nitrogens with two attached hydrogens (primary N) is 1. The van der Waals surface area contributed by atoms with E-state index in [9.17, 15) is 4.79 Å². The first-order valence-electron chi connectivity index (χ1n) is 6.51. The normalized spacial score (nSPS) is 19.9. The van der Waals surface area contributed by atoms with Crippen molar-refractivity contribution >= 4 is 11.7 Å². The molecule has 0 radical (unpaired) electrons. The summed E-state index contributed by atoms with van der Waals surface area (Å²) in [6.45, 7) is 5.90. The highest BCUT2D eigenvalue weighted by atomic mass is 16.5. The van der Waals surface area contributed by atoms with E-state index < -0.39 is 5.92 Å². The van der Waals surface area contributed by atoms with Gasteiger partial charge in [-0.3, -0.25) is 4.79 Å². The van der Waals surface area contributed by atoms with Gasteiger partial charge in [0.05, 0.1) is 12.0 Å². The Kier molecular flexibility index (Phi) is 5.91. The minimum absolute atomic E-state index is 0.00516. The molecule has 0 aromatic carbocycles. The molecule has 1 heterocycles. The lowest BCUT2D eigenvalue weighted by Crippen LogP contribution is -2.46. The molecule has 6 nitrogen and oxygen atoms in total. The van der Waals surface area contributed by atoms with E-state index in [-0.39, 0.29) is 17.8 Å². The van der Waals surface area contributed by atoms with E-state index in [1.54, 1.807) is 4.90 Å². The fourth-order valence-electron chi connectivity index (χ4n) is 2.28. The number of piperidine rings is 1. The van der Waals surface area contributed by atoms with Gasteiger partial charge in [-0.1, -0.05) is 12.1 Å². The summed E-state index contributed by atoms with van der Waals surface area (Å²) in [5.41, 5.74) is 5.54. The van der Waals surface area contributed by atoms with Crippen LogP contribution in [0.15, 0.2) is 5.16 Å². The third-order valence-electron chi connectivity index (χ3n) is 3.33. The highest BCUT2D eigenvalue weighted by Gasteiger charge is 2.29. The Labute approximate surface area is 108 Å². The van der Waals surface area contributed by atoms with Gasteiger partial charge in [0.15, 0.2) is 5.84 Å². The molecule has 1 atom stereocenters. The van der Waals surface area contributed by atoms with Gasteiger partial charge >= 0.3 is 0 Å². The number of hydrogen-bond acceptors (Lipinski definition) is 4. The second-order valence-corrected chi connectivity index (χ2v) is 4.47. The van der Waals surface area contributed by atoms with Gasteiger partial charge in [0, 0.05) is 19.7 Å². The molecular weight excluding hydrogens is 234 g/mol. The maximum absolute atomic E-state index is 12.2. The predicted molar refractivity (Wildman–Crippen MR) is 68.4 cm³/mol. The van der Waals surface area contributed by atoms with E-state index in [4.69, 9.17) is 15.7 Å². The molecule has 0 saturated carbocycles. The summed E-state index contributed by atoms with van der Waals surface area (Å²) >= 11 is 0. The average Bonchev–Trinajstić information content (AvgIpc) is 2.40. The van der Waals surface area contributed by atoms with Crippen LogP contribution in [0.25, 0.3) is 0 Å². The number of rotatable bonds is 5. The van der Waals surface area contributed by atoms with E-state index in [2.05, 4.69) is 5.16 Å². The number of amides is 1. The molecule has 1 amide bonds.